The quantitative estimate of drug-likeness (QED) is 0.661. The fourth-order valence-corrected chi connectivity index (χ4v) is 4.45. The van der Waals surface area contributed by atoms with Crippen LogP contribution in [0.3, 0.4) is 0 Å². The third-order valence-electron chi connectivity index (χ3n) is 5.50. The highest BCUT2D eigenvalue weighted by Gasteiger charge is 2.56. The van der Waals surface area contributed by atoms with Crippen molar-refractivity contribution in [2.75, 3.05) is 6.61 Å². The summed E-state index contributed by atoms with van der Waals surface area (Å²) in [5.74, 6) is -2.22. The maximum atomic E-state index is 13.9. The highest BCUT2D eigenvalue weighted by Crippen LogP contribution is 2.53. The molecule has 0 spiro atoms. The van der Waals surface area contributed by atoms with Gasteiger partial charge in [0.2, 0.25) is 0 Å². The number of aryl methyl sites for hydroxylation is 1. The Labute approximate surface area is 151 Å². The molecule has 0 bridgehead atoms. The van der Waals surface area contributed by atoms with E-state index in [1.807, 2.05) is 38.1 Å². The summed E-state index contributed by atoms with van der Waals surface area (Å²) in [5, 5.41) is 0. The van der Waals surface area contributed by atoms with Gasteiger partial charge in [0.05, 0.1) is 12.5 Å². The molecular formula is C20H25F3O3. The van der Waals surface area contributed by atoms with Gasteiger partial charge in [0.15, 0.2) is 0 Å². The molecule has 0 saturated heterocycles. The fraction of sp³-hybridized carbons (Fsp3) is 0.650. The van der Waals surface area contributed by atoms with Crippen molar-refractivity contribution in [3.63, 3.8) is 0 Å². The molecule has 1 fully saturated rings. The van der Waals surface area contributed by atoms with Gasteiger partial charge in [0.25, 0.3) is 0 Å². The molecular weight excluding hydrogens is 345 g/mol. The molecule has 144 valence electrons. The molecule has 0 N–H and O–H groups in total. The molecule has 0 aromatic heterocycles. The number of hydrogen-bond acceptors (Lipinski definition) is 3. The van der Waals surface area contributed by atoms with Crippen LogP contribution in [0.4, 0.5) is 18.0 Å². The Morgan fingerprint density at radius 1 is 1.19 bits per heavy atom. The lowest BCUT2D eigenvalue weighted by atomic mass is 9.62. The number of alkyl halides is 3. The van der Waals surface area contributed by atoms with E-state index in [1.54, 1.807) is 0 Å². The van der Waals surface area contributed by atoms with Crippen LogP contribution in [0.25, 0.3) is 0 Å². The molecule has 2 aliphatic rings. The molecule has 0 heterocycles. The second-order valence-corrected chi connectivity index (χ2v) is 7.76. The predicted octanol–water partition coefficient (Wildman–Crippen LogP) is 5.48. The first-order chi connectivity index (χ1) is 12.3. The van der Waals surface area contributed by atoms with Crippen molar-refractivity contribution in [2.24, 2.45) is 17.8 Å². The highest BCUT2D eigenvalue weighted by atomic mass is 19.4. The van der Waals surface area contributed by atoms with E-state index in [-0.39, 0.29) is 24.9 Å². The zero-order chi connectivity index (χ0) is 18.9. The van der Waals surface area contributed by atoms with Crippen molar-refractivity contribution < 1.29 is 27.4 Å². The first kappa shape index (κ1) is 19.1. The van der Waals surface area contributed by atoms with E-state index in [0.717, 1.165) is 11.1 Å². The molecule has 0 radical (unpaired) electrons. The molecule has 1 aromatic carbocycles. The Balaban J connectivity index is 1.79. The van der Waals surface area contributed by atoms with Crippen LogP contribution in [-0.4, -0.2) is 25.0 Å². The Hall–Kier alpha value is -1.72. The van der Waals surface area contributed by atoms with Gasteiger partial charge in [-0.25, -0.2) is 4.79 Å². The minimum Gasteiger partial charge on any atom is -0.434 e. The molecule has 6 heteroatoms. The summed E-state index contributed by atoms with van der Waals surface area (Å²) in [6.07, 6.45) is -4.67. The first-order valence-electron chi connectivity index (χ1n) is 9.25. The highest BCUT2D eigenvalue weighted by molar-refractivity contribution is 5.60. The number of hydrogen-bond donors (Lipinski definition) is 0. The summed E-state index contributed by atoms with van der Waals surface area (Å²) in [6.45, 7) is 3.86. The number of ether oxygens (including phenoxy) is 2. The predicted molar refractivity (Wildman–Crippen MR) is 90.8 cm³/mol. The van der Waals surface area contributed by atoms with Gasteiger partial charge in [-0.15, -0.1) is 0 Å². The van der Waals surface area contributed by atoms with Gasteiger partial charge in [-0.3, -0.25) is 0 Å². The van der Waals surface area contributed by atoms with Gasteiger partial charge < -0.3 is 9.47 Å². The Morgan fingerprint density at radius 2 is 1.92 bits per heavy atom. The molecule has 3 rings (SSSR count). The van der Waals surface area contributed by atoms with E-state index in [4.69, 9.17) is 9.47 Å². The Kier molecular flexibility index (Phi) is 5.49. The van der Waals surface area contributed by atoms with E-state index < -0.39 is 30.3 Å². The number of carbonyl (C=O) groups is 1. The van der Waals surface area contributed by atoms with Crippen LogP contribution in [0, 0.1) is 17.8 Å². The summed E-state index contributed by atoms with van der Waals surface area (Å²) >= 11 is 0. The number of halogens is 3. The Bertz CT molecular complexity index is 641. The van der Waals surface area contributed by atoms with Crippen molar-refractivity contribution in [3.8, 4) is 0 Å². The van der Waals surface area contributed by atoms with Gasteiger partial charge in [-0.05, 0) is 54.6 Å². The second-order valence-electron chi connectivity index (χ2n) is 7.76. The summed E-state index contributed by atoms with van der Waals surface area (Å²) in [5.41, 5.74) is 2.17. The molecule has 3 nitrogen and oxygen atoms in total. The van der Waals surface area contributed by atoms with E-state index in [2.05, 4.69) is 0 Å². The maximum absolute atomic E-state index is 13.9. The first-order valence-corrected chi connectivity index (χ1v) is 9.25. The number of carbonyl (C=O) groups excluding carboxylic acids is 1. The normalized spacial score (nSPS) is 28.2. The zero-order valence-corrected chi connectivity index (χ0v) is 15.1. The Morgan fingerprint density at radius 3 is 2.62 bits per heavy atom. The monoisotopic (exact) mass is 370 g/mol. The van der Waals surface area contributed by atoms with Crippen molar-refractivity contribution in [1.82, 2.24) is 0 Å². The fourth-order valence-electron chi connectivity index (χ4n) is 4.45. The van der Waals surface area contributed by atoms with Gasteiger partial charge in [0, 0.05) is 0 Å². The molecule has 4 unspecified atom stereocenters. The molecule has 4 atom stereocenters. The van der Waals surface area contributed by atoms with E-state index in [9.17, 15) is 18.0 Å². The van der Waals surface area contributed by atoms with Crippen LogP contribution in [0.15, 0.2) is 24.3 Å². The molecule has 0 aliphatic heterocycles. The third-order valence-corrected chi connectivity index (χ3v) is 5.50. The number of fused-ring (bicyclic) bond motifs is 3. The minimum atomic E-state index is -4.40. The van der Waals surface area contributed by atoms with E-state index >= 15 is 0 Å². The van der Waals surface area contributed by atoms with Crippen molar-refractivity contribution in [3.05, 3.63) is 35.4 Å². The van der Waals surface area contributed by atoms with Crippen molar-refractivity contribution in [2.45, 2.75) is 57.7 Å². The topological polar surface area (TPSA) is 35.5 Å². The van der Waals surface area contributed by atoms with Crippen LogP contribution in [0.5, 0.6) is 0 Å². The van der Waals surface area contributed by atoms with Gasteiger partial charge in [-0.2, -0.15) is 13.2 Å². The summed E-state index contributed by atoms with van der Waals surface area (Å²) in [6, 6.07) is 7.76. The van der Waals surface area contributed by atoms with Crippen molar-refractivity contribution in [1.29, 1.82) is 0 Å². The van der Waals surface area contributed by atoms with Crippen LogP contribution in [0.1, 0.15) is 50.2 Å². The van der Waals surface area contributed by atoms with Gasteiger partial charge in [-0.1, -0.05) is 38.1 Å². The molecule has 2 aliphatic carbocycles. The summed E-state index contributed by atoms with van der Waals surface area (Å²) < 4.78 is 51.7. The zero-order valence-electron chi connectivity index (χ0n) is 15.1. The van der Waals surface area contributed by atoms with Gasteiger partial charge in [0.1, 0.15) is 6.10 Å². The minimum absolute atomic E-state index is 0.103. The number of rotatable bonds is 3. The summed E-state index contributed by atoms with van der Waals surface area (Å²) in [7, 11) is 0. The van der Waals surface area contributed by atoms with Gasteiger partial charge >= 0.3 is 12.3 Å². The third kappa shape index (κ3) is 3.99. The summed E-state index contributed by atoms with van der Waals surface area (Å²) in [4.78, 5) is 11.8. The van der Waals surface area contributed by atoms with E-state index in [0.29, 0.717) is 19.3 Å². The lowest BCUT2D eigenvalue weighted by molar-refractivity contribution is -0.229. The lowest BCUT2D eigenvalue weighted by Crippen LogP contribution is -2.48. The molecule has 0 amide bonds. The largest absolute Gasteiger partial charge is 0.508 e. The van der Waals surface area contributed by atoms with Crippen LogP contribution in [-0.2, 0) is 15.9 Å². The SMILES string of the molecule is CC(C)COC(=O)OC1CCC2c3ccccc3CCC2C1C(F)(F)F. The number of benzene rings is 1. The second kappa shape index (κ2) is 7.49. The molecule has 1 aromatic rings. The average molecular weight is 370 g/mol. The maximum Gasteiger partial charge on any atom is 0.508 e. The standard InChI is InChI=1S/C20H25F3O3/c1-12(2)11-25-19(24)26-17-10-9-15-14-6-4-3-5-13(14)7-8-16(15)18(17)20(21,22)23/h3-6,12,15-18H,7-11H2,1-2H3. The average Bonchev–Trinajstić information content (AvgIpc) is 2.58. The van der Waals surface area contributed by atoms with Crippen molar-refractivity contribution >= 4 is 6.16 Å². The van der Waals surface area contributed by atoms with Crippen LogP contribution in [0.2, 0.25) is 0 Å². The van der Waals surface area contributed by atoms with E-state index in [1.165, 1.54) is 0 Å². The lowest BCUT2D eigenvalue weighted by Gasteiger charge is -2.46. The smallest absolute Gasteiger partial charge is 0.434 e. The molecule has 26 heavy (non-hydrogen) atoms. The van der Waals surface area contributed by atoms with Crippen LogP contribution < -0.4 is 0 Å². The van der Waals surface area contributed by atoms with Crippen LogP contribution >= 0.6 is 0 Å². The molecule has 1 saturated carbocycles.